The van der Waals surface area contributed by atoms with Gasteiger partial charge in [-0.3, -0.25) is 9.59 Å². The predicted octanol–water partition coefficient (Wildman–Crippen LogP) is 1.24. The van der Waals surface area contributed by atoms with Crippen LogP contribution in [-0.4, -0.2) is 68.3 Å². The summed E-state index contributed by atoms with van der Waals surface area (Å²) in [6.07, 6.45) is 0.973. The topological polar surface area (TPSA) is 126 Å². The first-order chi connectivity index (χ1) is 13.4. The van der Waals surface area contributed by atoms with E-state index in [4.69, 9.17) is 43.5 Å². The molecule has 9 nitrogen and oxygen atoms in total. The first kappa shape index (κ1) is 23.8. The number of amides is 1. The Morgan fingerprint density at radius 2 is 1.86 bits per heavy atom. The molecule has 0 saturated carbocycles. The van der Waals surface area contributed by atoms with Crippen molar-refractivity contribution in [2.24, 2.45) is 10.8 Å². The SMILES string of the molecule is COc1cc(N(CCCl)CCCl)c(OC)cc1C=NNC(=O)CC(N)C(=O)O. The lowest BCUT2D eigenvalue weighted by molar-refractivity contribution is -0.140. The molecule has 1 aromatic rings. The Morgan fingerprint density at radius 1 is 1.25 bits per heavy atom. The second-order valence-corrected chi connectivity index (χ2v) is 6.33. The van der Waals surface area contributed by atoms with Crippen LogP contribution in [0.2, 0.25) is 0 Å². The number of alkyl halides is 2. The van der Waals surface area contributed by atoms with Crippen LogP contribution in [0.25, 0.3) is 0 Å². The lowest BCUT2D eigenvalue weighted by Gasteiger charge is -2.26. The fraction of sp³-hybridized carbons (Fsp3) is 0.471. The number of carboxylic acids is 1. The number of hydrogen-bond acceptors (Lipinski definition) is 7. The summed E-state index contributed by atoms with van der Waals surface area (Å²) in [6, 6.07) is 2.17. The van der Waals surface area contributed by atoms with Crippen LogP contribution in [0.3, 0.4) is 0 Å². The molecule has 1 aromatic carbocycles. The van der Waals surface area contributed by atoms with Crippen LogP contribution in [0.4, 0.5) is 5.69 Å². The summed E-state index contributed by atoms with van der Waals surface area (Å²) in [5.74, 6) is -0.0165. The second kappa shape index (κ2) is 12.3. The van der Waals surface area contributed by atoms with Gasteiger partial charge in [0.15, 0.2) is 0 Å². The molecule has 0 heterocycles. The summed E-state index contributed by atoms with van der Waals surface area (Å²) in [7, 11) is 3.03. The molecule has 1 unspecified atom stereocenters. The molecule has 0 aliphatic rings. The van der Waals surface area contributed by atoms with E-state index in [9.17, 15) is 9.59 Å². The van der Waals surface area contributed by atoms with Gasteiger partial charge >= 0.3 is 5.97 Å². The van der Waals surface area contributed by atoms with E-state index < -0.39 is 24.3 Å². The van der Waals surface area contributed by atoms with Crippen molar-refractivity contribution in [1.82, 2.24) is 5.43 Å². The van der Waals surface area contributed by atoms with Crippen molar-refractivity contribution in [3.8, 4) is 11.5 Å². The Morgan fingerprint density at radius 3 is 2.36 bits per heavy atom. The number of hydrogen-bond donors (Lipinski definition) is 3. The third-order valence-corrected chi connectivity index (χ3v) is 4.03. The van der Waals surface area contributed by atoms with Crippen LogP contribution in [0.1, 0.15) is 12.0 Å². The number of nitrogens with one attached hydrogen (secondary N) is 1. The highest BCUT2D eigenvalue weighted by atomic mass is 35.5. The summed E-state index contributed by atoms with van der Waals surface area (Å²) in [4.78, 5) is 24.3. The molecule has 0 bridgehead atoms. The number of nitrogens with two attached hydrogens (primary N) is 1. The lowest BCUT2D eigenvalue weighted by atomic mass is 10.1. The quantitative estimate of drug-likeness (QED) is 0.256. The van der Waals surface area contributed by atoms with E-state index in [1.165, 1.54) is 20.4 Å². The van der Waals surface area contributed by atoms with Gasteiger partial charge in [0.05, 0.1) is 32.5 Å². The molecule has 0 aromatic heterocycles. The van der Waals surface area contributed by atoms with Crippen molar-refractivity contribution in [2.75, 3.05) is 44.0 Å². The summed E-state index contributed by atoms with van der Waals surface area (Å²) in [5.41, 5.74) is 8.84. The van der Waals surface area contributed by atoms with Gasteiger partial charge in [-0.2, -0.15) is 5.10 Å². The maximum atomic E-state index is 11.7. The number of aliphatic carboxylic acids is 1. The number of methoxy groups -OCH3 is 2. The van der Waals surface area contributed by atoms with Gasteiger partial charge < -0.3 is 25.2 Å². The minimum atomic E-state index is -1.29. The number of carbonyl (C=O) groups is 2. The number of anilines is 1. The first-order valence-corrected chi connectivity index (χ1v) is 9.38. The smallest absolute Gasteiger partial charge is 0.321 e. The van der Waals surface area contributed by atoms with E-state index in [0.29, 0.717) is 41.9 Å². The molecule has 1 atom stereocenters. The van der Waals surface area contributed by atoms with Crippen molar-refractivity contribution in [3.05, 3.63) is 17.7 Å². The number of ether oxygens (including phenoxy) is 2. The van der Waals surface area contributed by atoms with Crippen molar-refractivity contribution in [3.63, 3.8) is 0 Å². The summed E-state index contributed by atoms with van der Waals surface area (Å²) >= 11 is 11.7. The molecule has 1 rings (SSSR count). The highest BCUT2D eigenvalue weighted by Gasteiger charge is 2.17. The molecule has 0 spiro atoms. The maximum Gasteiger partial charge on any atom is 0.321 e. The largest absolute Gasteiger partial charge is 0.496 e. The zero-order chi connectivity index (χ0) is 21.1. The molecule has 1 amide bonds. The number of carbonyl (C=O) groups excluding carboxylic acids is 1. The zero-order valence-electron chi connectivity index (χ0n) is 15.7. The molecule has 0 aliphatic heterocycles. The highest BCUT2D eigenvalue weighted by molar-refractivity contribution is 6.18. The standard InChI is InChI=1S/C17H24Cl2N4O5/c1-27-14-9-13(23(5-3-18)6-4-19)15(28-2)7-11(14)10-21-22-16(24)8-12(20)17(25)26/h7,9-10,12H,3-6,8,20H2,1-2H3,(H,22,24)(H,25,26). The minimum absolute atomic E-state index is 0.391. The van der Waals surface area contributed by atoms with Crippen LogP contribution in [-0.2, 0) is 9.59 Å². The lowest BCUT2D eigenvalue weighted by Crippen LogP contribution is -2.35. The highest BCUT2D eigenvalue weighted by Crippen LogP contribution is 2.35. The summed E-state index contributed by atoms with van der Waals surface area (Å²) in [5, 5.41) is 12.5. The van der Waals surface area contributed by atoms with Gasteiger partial charge in [0, 0.05) is 36.5 Å². The molecular formula is C17H24Cl2N4O5. The Kier molecular flexibility index (Phi) is 10.4. The number of benzene rings is 1. The number of nitrogens with zero attached hydrogens (tertiary/aromatic N) is 2. The molecule has 28 heavy (non-hydrogen) atoms. The Balaban J connectivity index is 3.03. The van der Waals surface area contributed by atoms with Gasteiger partial charge in [0.1, 0.15) is 17.5 Å². The van der Waals surface area contributed by atoms with Gasteiger partial charge in [-0.05, 0) is 6.07 Å². The first-order valence-electron chi connectivity index (χ1n) is 8.31. The molecular weight excluding hydrogens is 411 g/mol. The minimum Gasteiger partial charge on any atom is -0.496 e. The van der Waals surface area contributed by atoms with Gasteiger partial charge in [0.25, 0.3) is 0 Å². The van der Waals surface area contributed by atoms with E-state index in [-0.39, 0.29) is 0 Å². The zero-order valence-corrected chi connectivity index (χ0v) is 17.2. The van der Waals surface area contributed by atoms with E-state index in [2.05, 4.69) is 10.5 Å². The van der Waals surface area contributed by atoms with E-state index in [1.54, 1.807) is 12.1 Å². The molecule has 0 aliphatic carbocycles. The van der Waals surface area contributed by atoms with Crippen LogP contribution < -0.4 is 25.5 Å². The van der Waals surface area contributed by atoms with E-state index in [0.717, 1.165) is 5.69 Å². The van der Waals surface area contributed by atoms with Crippen LogP contribution in [0.5, 0.6) is 11.5 Å². The second-order valence-electron chi connectivity index (χ2n) is 5.57. The maximum absolute atomic E-state index is 11.7. The van der Waals surface area contributed by atoms with Gasteiger partial charge in [-0.15, -0.1) is 23.2 Å². The van der Waals surface area contributed by atoms with Crippen LogP contribution >= 0.6 is 23.2 Å². The van der Waals surface area contributed by atoms with Crippen molar-refractivity contribution >= 4 is 47.0 Å². The third-order valence-electron chi connectivity index (χ3n) is 3.70. The molecule has 11 heteroatoms. The fourth-order valence-electron chi connectivity index (χ4n) is 2.32. The van der Waals surface area contributed by atoms with E-state index in [1.807, 2.05) is 4.90 Å². The van der Waals surface area contributed by atoms with Crippen LogP contribution in [0.15, 0.2) is 17.2 Å². The number of carboxylic acid groups (broad SMARTS) is 1. The average Bonchev–Trinajstić information content (AvgIpc) is 2.67. The number of halogens is 2. The number of rotatable bonds is 12. The summed E-state index contributed by atoms with van der Waals surface area (Å²) in [6.45, 7) is 1.14. The Hall–Kier alpha value is -2.23. The number of hydrazone groups is 1. The van der Waals surface area contributed by atoms with Crippen molar-refractivity contribution in [2.45, 2.75) is 12.5 Å². The van der Waals surface area contributed by atoms with Gasteiger partial charge in [-0.25, -0.2) is 5.43 Å². The van der Waals surface area contributed by atoms with Crippen molar-refractivity contribution in [1.29, 1.82) is 0 Å². The van der Waals surface area contributed by atoms with Gasteiger partial charge in [-0.1, -0.05) is 0 Å². The Labute approximate surface area is 173 Å². The Bertz CT molecular complexity index is 696. The average molecular weight is 435 g/mol. The fourth-order valence-corrected chi connectivity index (χ4v) is 2.72. The van der Waals surface area contributed by atoms with Gasteiger partial charge in [0.2, 0.25) is 5.91 Å². The molecule has 0 radical (unpaired) electrons. The predicted molar refractivity (Wildman–Crippen MR) is 109 cm³/mol. The van der Waals surface area contributed by atoms with E-state index >= 15 is 0 Å². The normalized spacial score (nSPS) is 11.9. The monoisotopic (exact) mass is 434 g/mol. The molecule has 4 N–H and O–H groups in total. The molecule has 156 valence electrons. The summed E-state index contributed by atoms with van der Waals surface area (Å²) < 4.78 is 10.8. The third kappa shape index (κ3) is 7.06. The van der Waals surface area contributed by atoms with Crippen molar-refractivity contribution < 1.29 is 24.2 Å². The molecule has 0 saturated heterocycles. The molecule has 0 fully saturated rings. The van der Waals surface area contributed by atoms with Crippen LogP contribution in [0, 0.1) is 0 Å².